The molecule has 2 aromatic rings. The number of carboxylic acids is 2. The fourth-order valence-corrected chi connectivity index (χ4v) is 7.19. The van der Waals surface area contributed by atoms with E-state index in [9.17, 15) is 67.7 Å². The standard InChI is InChI=1S/C42H65N15O14S2/c1-18(2)7-27(42(70)71)54-40(68)29(15-73)56-36(64)24(8-20-12-46-16-48-20)53-41(69)33(19(3)4)57-38(66)25(9-21-13-47-17-49-21)51-35(63)23(5-6-30(44)58)50-37(65)26(11-32(60)61)52-39(67)28(14-72)55-34(62)22(43)10-31(45)59/h12-13,16-19,22-29,33,72-73H,5-11,14-15,43H2,1-4H3,(H2,44,58)(H2,45,59)(H,46,48)(H,47,49)(H,50,65)(H,51,63)(H,52,67)(H,53,69)(H,54,68)(H,55,62)(H,56,64)(H,57,66)(H,60,61)(H,70,71)/t22-,23-,24-,25-,26-,27-,28-,29-,33-/m0/s1. The molecule has 0 radical (unpaired) electrons. The molecule has 0 saturated heterocycles. The Labute approximate surface area is 429 Å². The van der Waals surface area contributed by atoms with Gasteiger partial charge in [-0.15, -0.1) is 0 Å². The van der Waals surface area contributed by atoms with Crippen LogP contribution in [0.15, 0.2) is 25.0 Å². The molecule has 2 aromatic heterocycles. The molecule has 0 saturated carbocycles. The van der Waals surface area contributed by atoms with E-state index >= 15 is 0 Å². The van der Waals surface area contributed by atoms with Crippen LogP contribution in [0.1, 0.15) is 71.2 Å². The quantitative estimate of drug-likeness (QED) is 0.0296. The molecule has 0 aromatic carbocycles. The van der Waals surface area contributed by atoms with Crippen LogP contribution < -0.4 is 59.7 Å². The summed E-state index contributed by atoms with van der Waals surface area (Å²) in [5, 5.41) is 38.4. The molecule has 0 aliphatic rings. The topological polar surface area (TPSA) is 477 Å². The molecule has 0 aliphatic carbocycles. The number of hydrogen-bond donors (Lipinski definition) is 17. The third-order valence-corrected chi connectivity index (χ3v) is 11.2. The van der Waals surface area contributed by atoms with Crippen molar-refractivity contribution in [2.24, 2.45) is 29.0 Å². The molecular formula is C42H65N15O14S2. The number of nitrogens with one attached hydrogen (secondary N) is 10. The minimum absolute atomic E-state index is 0.0895. The zero-order chi connectivity index (χ0) is 55.1. The SMILES string of the molecule is CC(C)C[C@H](NC(=O)[C@H](CS)NC(=O)[C@H](Cc1cnc[nH]1)NC(=O)[C@@H](NC(=O)[C@H](Cc1cnc[nH]1)NC(=O)[C@H](CCC(N)=O)NC(=O)[C@H](CC(=O)O)NC(=O)[C@H](CS)NC(=O)[C@@H](N)CC(N)=O)C(C)C)C(=O)O. The van der Waals surface area contributed by atoms with E-state index in [0.717, 1.165) is 0 Å². The molecule has 31 heteroatoms. The molecule has 18 N–H and O–H groups in total. The first-order valence-electron chi connectivity index (χ1n) is 22.6. The van der Waals surface area contributed by atoms with Gasteiger partial charge in [0.2, 0.25) is 59.1 Å². The predicted molar refractivity (Wildman–Crippen MR) is 262 cm³/mol. The molecule has 29 nitrogen and oxygen atoms in total. The van der Waals surface area contributed by atoms with Gasteiger partial charge in [-0.25, -0.2) is 14.8 Å². The molecule has 0 bridgehead atoms. The van der Waals surface area contributed by atoms with Crippen LogP contribution in [-0.2, 0) is 70.4 Å². The zero-order valence-corrected chi connectivity index (χ0v) is 42.1. The van der Waals surface area contributed by atoms with E-state index in [1.165, 1.54) is 25.0 Å². The zero-order valence-electron chi connectivity index (χ0n) is 40.3. The molecule has 0 unspecified atom stereocenters. The van der Waals surface area contributed by atoms with Crippen molar-refractivity contribution in [2.45, 2.75) is 127 Å². The molecule has 73 heavy (non-hydrogen) atoms. The highest BCUT2D eigenvalue weighted by atomic mass is 32.1. The number of carboxylic acid groups (broad SMARTS) is 2. The van der Waals surface area contributed by atoms with Gasteiger partial charge in [0.05, 0.1) is 31.5 Å². The Morgan fingerprint density at radius 2 is 0.959 bits per heavy atom. The summed E-state index contributed by atoms with van der Waals surface area (Å²) in [5.41, 5.74) is 16.7. The number of thiol groups is 2. The monoisotopic (exact) mass is 1070 g/mol. The molecule has 2 heterocycles. The number of rotatable bonds is 33. The first-order chi connectivity index (χ1) is 34.3. The summed E-state index contributed by atoms with van der Waals surface area (Å²) in [6.07, 6.45) is 2.13. The first kappa shape index (κ1) is 61.8. The van der Waals surface area contributed by atoms with Crippen LogP contribution in [0.25, 0.3) is 0 Å². The lowest BCUT2D eigenvalue weighted by Gasteiger charge is -2.29. The maximum absolute atomic E-state index is 14.2. The fraction of sp³-hybridized carbons (Fsp3) is 0.571. The number of nitrogens with zero attached hydrogens (tertiary/aromatic N) is 2. The van der Waals surface area contributed by atoms with Crippen molar-refractivity contribution in [2.75, 3.05) is 11.5 Å². The van der Waals surface area contributed by atoms with Gasteiger partial charge in [-0.3, -0.25) is 52.7 Å². The van der Waals surface area contributed by atoms with Crippen LogP contribution in [0.4, 0.5) is 0 Å². The third kappa shape index (κ3) is 21.9. The van der Waals surface area contributed by atoms with Gasteiger partial charge in [-0.05, 0) is 24.7 Å². The van der Waals surface area contributed by atoms with Crippen molar-refractivity contribution in [3.8, 4) is 0 Å². The number of amides is 10. The lowest BCUT2D eigenvalue weighted by molar-refractivity contribution is -0.143. The fourth-order valence-electron chi connectivity index (χ4n) is 6.67. The average molecular weight is 1070 g/mol. The van der Waals surface area contributed by atoms with Gasteiger partial charge in [-0.1, -0.05) is 27.7 Å². The van der Waals surface area contributed by atoms with Gasteiger partial charge < -0.3 is 79.9 Å². The van der Waals surface area contributed by atoms with E-state index < -0.39 is 163 Å². The van der Waals surface area contributed by atoms with E-state index in [1.54, 1.807) is 27.7 Å². The van der Waals surface area contributed by atoms with Crippen LogP contribution in [-0.4, -0.2) is 167 Å². The van der Waals surface area contributed by atoms with Gasteiger partial charge in [-0.2, -0.15) is 25.3 Å². The molecular weight excluding hydrogens is 1000 g/mol. The summed E-state index contributed by atoms with van der Waals surface area (Å²) in [6, 6.07) is -13.8. The highest BCUT2D eigenvalue weighted by molar-refractivity contribution is 7.80. The predicted octanol–water partition coefficient (Wildman–Crippen LogP) is -5.61. The number of aromatic amines is 2. The van der Waals surface area contributed by atoms with E-state index in [-0.39, 0.29) is 36.6 Å². The summed E-state index contributed by atoms with van der Waals surface area (Å²) in [7, 11) is 0. The van der Waals surface area contributed by atoms with Crippen molar-refractivity contribution in [3.63, 3.8) is 0 Å². The third-order valence-electron chi connectivity index (χ3n) is 10.5. The lowest BCUT2D eigenvalue weighted by atomic mass is 10.0. The van der Waals surface area contributed by atoms with Crippen LogP contribution in [0.3, 0.4) is 0 Å². The minimum atomic E-state index is -1.93. The van der Waals surface area contributed by atoms with Crippen LogP contribution >= 0.6 is 25.3 Å². The number of primary amides is 2. The van der Waals surface area contributed by atoms with E-state index in [0.29, 0.717) is 5.69 Å². The maximum Gasteiger partial charge on any atom is 0.326 e. The van der Waals surface area contributed by atoms with Gasteiger partial charge in [0.15, 0.2) is 0 Å². The number of nitrogens with two attached hydrogens (primary N) is 3. The molecule has 2 rings (SSSR count). The van der Waals surface area contributed by atoms with Gasteiger partial charge in [0.1, 0.15) is 48.3 Å². The van der Waals surface area contributed by atoms with Crippen LogP contribution in [0, 0.1) is 11.8 Å². The summed E-state index contributed by atoms with van der Waals surface area (Å²) < 4.78 is 0. The number of imidazole rings is 2. The minimum Gasteiger partial charge on any atom is -0.481 e. The lowest BCUT2D eigenvalue weighted by Crippen LogP contribution is -2.62. The second-order valence-electron chi connectivity index (χ2n) is 17.4. The van der Waals surface area contributed by atoms with Gasteiger partial charge >= 0.3 is 11.9 Å². The van der Waals surface area contributed by atoms with Crippen molar-refractivity contribution in [3.05, 3.63) is 36.4 Å². The summed E-state index contributed by atoms with van der Waals surface area (Å²) >= 11 is 8.18. The Morgan fingerprint density at radius 3 is 1.38 bits per heavy atom. The van der Waals surface area contributed by atoms with Crippen molar-refractivity contribution in [1.29, 1.82) is 0 Å². The Bertz CT molecular complexity index is 2250. The Kier molecular flexibility index (Phi) is 25.9. The smallest absolute Gasteiger partial charge is 0.326 e. The number of H-pyrrole nitrogens is 2. The number of carbonyl (C=O) groups excluding carboxylic acids is 10. The number of hydrogen-bond acceptors (Lipinski definition) is 17. The molecule has 404 valence electrons. The van der Waals surface area contributed by atoms with Crippen molar-refractivity contribution < 1.29 is 67.7 Å². The van der Waals surface area contributed by atoms with Crippen LogP contribution in [0.5, 0.6) is 0 Å². The van der Waals surface area contributed by atoms with Gasteiger partial charge in [0.25, 0.3) is 0 Å². The molecule has 0 spiro atoms. The average Bonchev–Trinajstić information content (AvgIpc) is 4.03. The van der Waals surface area contributed by atoms with Gasteiger partial charge in [0, 0.05) is 54.5 Å². The normalized spacial score (nSPS) is 14.8. The number of aliphatic carboxylic acids is 2. The van der Waals surface area contributed by atoms with E-state index in [1.807, 2.05) is 0 Å². The Hall–Kier alpha value is -7.28. The number of carbonyl (C=O) groups is 12. The summed E-state index contributed by atoms with van der Waals surface area (Å²) in [4.78, 5) is 169. The number of aromatic nitrogens is 4. The van der Waals surface area contributed by atoms with Crippen LogP contribution in [0.2, 0.25) is 0 Å². The Balaban J connectivity index is 2.42. The van der Waals surface area contributed by atoms with Crippen molar-refractivity contribution >= 4 is 96.3 Å². The second kappa shape index (κ2) is 30.6. The second-order valence-corrected chi connectivity index (χ2v) is 18.2. The highest BCUT2D eigenvalue weighted by Crippen LogP contribution is 2.11. The van der Waals surface area contributed by atoms with E-state index in [4.69, 9.17) is 17.2 Å². The molecule has 9 atom stereocenters. The summed E-state index contributed by atoms with van der Waals surface area (Å²) in [6.45, 7) is 6.64. The molecule has 0 fully saturated rings. The molecule has 0 aliphatic heterocycles. The first-order valence-corrected chi connectivity index (χ1v) is 23.9. The largest absolute Gasteiger partial charge is 0.481 e. The summed E-state index contributed by atoms with van der Waals surface area (Å²) in [5.74, 6) is -14.4. The van der Waals surface area contributed by atoms with E-state index in [2.05, 4.69) is 87.7 Å². The Morgan fingerprint density at radius 1 is 0.548 bits per heavy atom. The molecule has 10 amide bonds. The maximum atomic E-state index is 14.2. The highest BCUT2D eigenvalue weighted by Gasteiger charge is 2.36. The van der Waals surface area contributed by atoms with Crippen molar-refractivity contribution in [1.82, 2.24) is 62.5 Å².